The van der Waals surface area contributed by atoms with Crippen LogP contribution in [0.2, 0.25) is 0 Å². The number of ether oxygens (including phenoxy) is 3. The summed E-state index contributed by atoms with van der Waals surface area (Å²) in [6.07, 6.45) is 1.85. The molecule has 0 fully saturated rings. The first-order valence-corrected chi connectivity index (χ1v) is 12.3. The molecule has 35 heavy (non-hydrogen) atoms. The van der Waals surface area contributed by atoms with Crippen LogP contribution in [0.3, 0.4) is 0 Å². The van der Waals surface area contributed by atoms with Crippen LogP contribution in [0.25, 0.3) is 6.08 Å². The number of aromatic nitrogens is 1. The fraction of sp³-hybridized carbons (Fsp3) is 0.296. The predicted octanol–water partition coefficient (Wildman–Crippen LogP) is 3.51. The van der Waals surface area contributed by atoms with E-state index >= 15 is 0 Å². The normalized spacial score (nSPS) is 15.5. The molecule has 0 unspecified atom stereocenters. The van der Waals surface area contributed by atoms with Crippen molar-refractivity contribution in [3.8, 4) is 11.5 Å². The Morgan fingerprint density at radius 2 is 1.91 bits per heavy atom. The van der Waals surface area contributed by atoms with E-state index in [-0.39, 0.29) is 12.2 Å². The lowest BCUT2D eigenvalue weighted by molar-refractivity contribution is -0.139. The Balaban J connectivity index is 1.97. The third kappa shape index (κ3) is 4.66. The van der Waals surface area contributed by atoms with Crippen molar-refractivity contribution < 1.29 is 19.0 Å². The van der Waals surface area contributed by atoms with Crippen LogP contribution in [-0.4, -0.2) is 30.9 Å². The Morgan fingerprint density at radius 3 is 2.60 bits per heavy atom. The first-order chi connectivity index (χ1) is 16.9. The van der Waals surface area contributed by atoms with Crippen LogP contribution in [0.1, 0.15) is 43.5 Å². The quantitative estimate of drug-likeness (QED) is 0.472. The molecule has 1 aliphatic heterocycles. The molecule has 0 N–H and O–H groups in total. The first kappa shape index (κ1) is 24.5. The van der Waals surface area contributed by atoms with Gasteiger partial charge in [0, 0.05) is 5.56 Å². The van der Waals surface area contributed by atoms with Crippen LogP contribution < -0.4 is 24.4 Å². The minimum atomic E-state index is -0.716. The molecule has 0 bridgehead atoms. The van der Waals surface area contributed by atoms with Gasteiger partial charge in [0.1, 0.15) is 17.5 Å². The molecule has 7 nitrogen and oxygen atoms in total. The number of esters is 1. The third-order valence-electron chi connectivity index (χ3n) is 5.79. The number of benzene rings is 2. The van der Waals surface area contributed by atoms with E-state index in [9.17, 15) is 9.59 Å². The number of fused-ring (bicyclic) bond motifs is 1. The highest BCUT2D eigenvalue weighted by atomic mass is 32.1. The van der Waals surface area contributed by atoms with Crippen LogP contribution in [0.4, 0.5) is 0 Å². The van der Waals surface area contributed by atoms with E-state index in [4.69, 9.17) is 14.2 Å². The van der Waals surface area contributed by atoms with Crippen LogP contribution in [-0.2, 0) is 9.53 Å². The van der Waals surface area contributed by atoms with Crippen LogP contribution in [0.15, 0.2) is 63.5 Å². The standard InChI is InChI=1S/C27H28N2O5S/c1-6-33-21-11-9-8-10-20(21)24-23(26(31)34-7-2)17(4)28-27-29(24)25(30)22(35-27)15-18-12-13-19(32-5)14-16(18)3/h8-15,24H,6-7H2,1-5H3/b22-15-/t24-/m0/s1. The number of carbonyl (C=O) groups is 1. The maximum Gasteiger partial charge on any atom is 0.338 e. The van der Waals surface area contributed by atoms with Gasteiger partial charge in [0.2, 0.25) is 0 Å². The number of hydrogen-bond acceptors (Lipinski definition) is 7. The van der Waals surface area contributed by atoms with Gasteiger partial charge in [0.05, 0.1) is 36.1 Å². The summed E-state index contributed by atoms with van der Waals surface area (Å²) in [5, 5.41) is 0. The molecule has 0 aliphatic carbocycles. The van der Waals surface area contributed by atoms with E-state index in [1.807, 2.05) is 62.4 Å². The van der Waals surface area contributed by atoms with Gasteiger partial charge >= 0.3 is 5.97 Å². The smallest absolute Gasteiger partial charge is 0.338 e. The number of methoxy groups -OCH3 is 1. The number of rotatable bonds is 7. The van der Waals surface area contributed by atoms with Crippen molar-refractivity contribution in [1.29, 1.82) is 0 Å². The highest BCUT2D eigenvalue weighted by Gasteiger charge is 2.35. The Bertz CT molecular complexity index is 1480. The molecule has 0 saturated carbocycles. The summed E-state index contributed by atoms with van der Waals surface area (Å²) in [4.78, 5) is 32.0. The molecule has 1 aliphatic rings. The summed E-state index contributed by atoms with van der Waals surface area (Å²) >= 11 is 1.29. The molecule has 2 aromatic carbocycles. The molecule has 0 radical (unpaired) electrons. The summed E-state index contributed by atoms with van der Waals surface area (Å²) in [5.74, 6) is 0.866. The summed E-state index contributed by atoms with van der Waals surface area (Å²) < 4.78 is 18.6. The zero-order valence-electron chi connectivity index (χ0n) is 20.5. The monoisotopic (exact) mass is 492 g/mol. The number of hydrogen-bond donors (Lipinski definition) is 0. The molecular formula is C27H28N2O5S. The zero-order valence-corrected chi connectivity index (χ0v) is 21.3. The zero-order chi connectivity index (χ0) is 25.1. The molecular weight excluding hydrogens is 464 g/mol. The van der Waals surface area contributed by atoms with E-state index in [1.165, 1.54) is 11.3 Å². The molecule has 0 saturated heterocycles. The van der Waals surface area contributed by atoms with Crippen molar-refractivity contribution in [2.75, 3.05) is 20.3 Å². The SMILES string of the molecule is CCOC(=O)C1=C(C)N=c2s/c(=C\c3ccc(OC)cc3C)c(=O)n2[C@H]1c1ccccc1OCC. The molecule has 3 aromatic rings. The number of aryl methyl sites for hydroxylation is 1. The van der Waals surface area contributed by atoms with E-state index in [0.29, 0.717) is 38.5 Å². The fourth-order valence-electron chi connectivity index (χ4n) is 4.16. The maximum absolute atomic E-state index is 13.8. The van der Waals surface area contributed by atoms with Crippen LogP contribution in [0.5, 0.6) is 11.5 Å². The number of nitrogens with zero attached hydrogens (tertiary/aromatic N) is 2. The Morgan fingerprint density at radius 1 is 1.14 bits per heavy atom. The van der Waals surface area contributed by atoms with Gasteiger partial charge in [0.25, 0.3) is 5.56 Å². The van der Waals surface area contributed by atoms with Crippen molar-refractivity contribution in [2.24, 2.45) is 4.99 Å². The Kier molecular flexibility index (Phi) is 7.21. The van der Waals surface area contributed by atoms with Gasteiger partial charge in [-0.1, -0.05) is 35.6 Å². The highest BCUT2D eigenvalue weighted by Crippen LogP contribution is 2.35. The minimum absolute atomic E-state index is 0.219. The first-order valence-electron chi connectivity index (χ1n) is 11.5. The molecule has 0 amide bonds. The number of carbonyl (C=O) groups excluding carboxylic acids is 1. The summed E-state index contributed by atoms with van der Waals surface area (Å²) in [6, 6.07) is 12.4. The lowest BCUT2D eigenvalue weighted by Gasteiger charge is -2.26. The number of thiazole rings is 1. The maximum atomic E-state index is 13.8. The summed E-state index contributed by atoms with van der Waals surface area (Å²) in [5.41, 5.74) is 3.22. The van der Waals surface area contributed by atoms with Gasteiger partial charge < -0.3 is 14.2 Å². The van der Waals surface area contributed by atoms with Crippen molar-refractivity contribution in [1.82, 2.24) is 4.57 Å². The number of para-hydroxylation sites is 1. The second kappa shape index (κ2) is 10.3. The fourth-order valence-corrected chi connectivity index (χ4v) is 5.19. The summed E-state index contributed by atoms with van der Waals surface area (Å²) in [6.45, 7) is 8.06. The van der Waals surface area contributed by atoms with E-state index < -0.39 is 12.0 Å². The van der Waals surface area contributed by atoms with Crippen molar-refractivity contribution >= 4 is 23.4 Å². The van der Waals surface area contributed by atoms with Crippen molar-refractivity contribution in [3.05, 3.63) is 90.1 Å². The van der Waals surface area contributed by atoms with Gasteiger partial charge in [-0.15, -0.1) is 0 Å². The third-order valence-corrected chi connectivity index (χ3v) is 6.78. The van der Waals surface area contributed by atoms with Gasteiger partial charge in [-0.05, 0) is 63.1 Å². The molecule has 1 atom stereocenters. The van der Waals surface area contributed by atoms with Crippen LogP contribution >= 0.6 is 11.3 Å². The van der Waals surface area contributed by atoms with E-state index in [2.05, 4.69) is 4.99 Å². The Hall–Kier alpha value is -3.65. The topological polar surface area (TPSA) is 79.1 Å². The average molecular weight is 493 g/mol. The van der Waals surface area contributed by atoms with Crippen molar-refractivity contribution in [2.45, 2.75) is 33.7 Å². The molecule has 182 valence electrons. The number of allylic oxidation sites excluding steroid dienone is 1. The van der Waals surface area contributed by atoms with Gasteiger partial charge in [-0.2, -0.15) is 0 Å². The highest BCUT2D eigenvalue weighted by molar-refractivity contribution is 7.07. The van der Waals surface area contributed by atoms with Crippen molar-refractivity contribution in [3.63, 3.8) is 0 Å². The van der Waals surface area contributed by atoms with Crippen LogP contribution in [0, 0.1) is 6.92 Å². The second-order valence-corrected chi connectivity index (χ2v) is 9.00. The second-order valence-electron chi connectivity index (χ2n) is 8.00. The van der Waals surface area contributed by atoms with Gasteiger partial charge in [-0.3, -0.25) is 9.36 Å². The predicted molar refractivity (Wildman–Crippen MR) is 136 cm³/mol. The molecule has 4 rings (SSSR count). The largest absolute Gasteiger partial charge is 0.497 e. The molecule has 0 spiro atoms. The minimum Gasteiger partial charge on any atom is -0.497 e. The molecule has 1 aromatic heterocycles. The van der Waals surface area contributed by atoms with E-state index in [1.54, 1.807) is 25.5 Å². The lowest BCUT2D eigenvalue weighted by Crippen LogP contribution is -2.40. The Labute approximate surface area is 207 Å². The van der Waals surface area contributed by atoms with Gasteiger partial charge in [0.15, 0.2) is 4.80 Å². The lowest BCUT2D eigenvalue weighted by atomic mass is 9.95. The summed E-state index contributed by atoms with van der Waals surface area (Å²) in [7, 11) is 1.62. The van der Waals surface area contributed by atoms with E-state index in [0.717, 1.165) is 16.9 Å². The average Bonchev–Trinajstić information content (AvgIpc) is 3.14. The van der Waals surface area contributed by atoms with Gasteiger partial charge in [-0.25, -0.2) is 9.79 Å². The molecule has 2 heterocycles. The molecule has 8 heteroatoms.